The maximum atomic E-state index is 12.3. The first-order valence-corrected chi connectivity index (χ1v) is 9.12. The Morgan fingerprint density at radius 1 is 1.39 bits per heavy atom. The molecule has 7 nitrogen and oxygen atoms in total. The minimum absolute atomic E-state index is 0.0582. The number of hydrogen-bond acceptors (Lipinski definition) is 5. The SMILES string of the molecule is N#Cc1ccc(CNC(=O)N(CCO)C2CCS(=O)(=O)C2)cc1. The molecule has 0 spiro atoms. The zero-order valence-corrected chi connectivity index (χ0v) is 13.4. The summed E-state index contributed by atoms with van der Waals surface area (Å²) in [6.45, 7) is 0.145. The Balaban J connectivity index is 1.96. The molecule has 23 heavy (non-hydrogen) atoms. The molecule has 0 aliphatic carbocycles. The van der Waals surface area contributed by atoms with Crippen molar-refractivity contribution in [2.75, 3.05) is 24.7 Å². The van der Waals surface area contributed by atoms with Crippen LogP contribution in [0.5, 0.6) is 0 Å². The maximum absolute atomic E-state index is 12.3. The number of aliphatic hydroxyl groups excluding tert-OH is 1. The van der Waals surface area contributed by atoms with Crippen LogP contribution in [0.25, 0.3) is 0 Å². The molecule has 1 aromatic rings. The van der Waals surface area contributed by atoms with Crippen molar-refractivity contribution in [2.45, 2.75) is 19.0 Å². The molecule has 0 radical (unpaired) electrons. The molecule has 1 fully saturated rings. The predicted molar refractivity (Wildman–Crippen MR) is 84.2 cm³/mol. The minimum Gasteiger partial charge on any atom is -0.395 e. The van der Waals surface area contributed by atoms with Crippen LogP contribution in [0.3, 0.4) is 0 Å². The molecule has 1 heterocycles. The molecular formula is C15H19N3O4S. The fraction of sp³-hybridized carbons (Fsp3) is 0.467. The van der Waals surface area contributed by atoms with E-state index in [0.29, 0.717) is 12.0 Å². The first-order valence-electron chi connectivity index (χ1n) is 7.30. The Morgan fingerprint density at radius 3 is 2.61 bits per heavy atom. The van der Waals surface area contributed by atoms with Crippen molar-refractivity contribution in [1.82, 2.24) is 10.2 Å². The first-order chi connectivity index (χ1) is 10.9. The fourth-order valence-electron chi connectivity index (χ4n) is 2.56. The highest BCUT2D eigenvalue weighted by atomic mass is 32.2. The van der Waals surface area contributed by atoms with E-state index in [4.69, 9.17) is 10.4 Å². The second-order valence-corrected chi connectivity index (χ2v) is 7.67. The summed E-state index contributed by atoms with van der Waals surface area (Å²) in [7, 11) is -3.10. The number of hydrogen-bond donors (Lipinski definition) is 2. The van der Waals surface area contributed by atoms with Crippen LogP contribution in [-0.2, 0) is 16.4 Å². The van der Waals surface area contributed by atoms with Gasteiger partial charge in [-0.2, -0.15) is 5.26 Å². The number of nitrogens with one attached hydrogen (secondary N) is 1. The number of rotatable bonds is 5. The van der Waals surface area contributed by atoms with E-state index in [0.717, 1.165) is 5.56 Å². The molecule has 1 aromatic carbocycles. The molecule has 1 unspecified atom stereocenters. The molecule has 1 aliphatic rings. The van der Waals surface area contributed by atoms with Crippen LogP contribution in [0.15, 0.2) is 24.3 Å². The third kappa shape index (κ3) is 4.68. The van der Waals surface area contributed by atoms with Gasteiger partial charge in [0.05, 0.1) is 29.7 Å². The standard InChI is InChI=1S/C15H19N3O4S/c16-9-12-1-3-13(4-2-12)10-17-15(20)18(6-7-19)14-5-8-23(21,22)11-14/h1-4,14,19H,5-8,10-11H2,(H,17,20). The molecule has 0 saturated carbocycles. The van der Waals surface area contributed by atoms with Gasteiger partial charge in [-0.15, -0.1) is 0 Å². The van der Waals surface area contributed by atoms with Gasteiger partial charge in [-0.1, -0.05) is 12.1 Å². The van der Waals surface area contributed by atoms with E-state index in [1.54, 1.807) is 24.3 Å². The number of aliphatic hydroxyl groups is 1. The largest absolute Gasteiger partial charge is 0.395 e. The Hall–Kier alpha value is -2.11. The number of carbonyl (C=O) groups excluding carboxylic acids is 1. The quantitative estimate of drug-likeness (QED) is 0.800. The number of benzene rings is 1. The summed E-state index contributed by atoms with van der Waals surface area (Å²) in [6.07, 6.45) is 0.395. The summed E-state index contributed by atoms with van der Waals surface area (Å²) in [5, 5.41) is 20.6. The number of nitrogens with zero attached hydrogens (tertiary/aromatic N) is 2. The predicted octanol–water partition coefficient (Wildman–Crippen LogP) is 0.249. The normalized spacial score (nSPS) is 19.0. The molecule has 1 aliphatic heterocycles. The highest BCUT2D eigenvalue weighted by molar-refractivity contribution is 7.91. The molecule has 1 atom stereocenters. The highest BCUT2D eigenvalue weighted by Gasteiger charge is 2.34. The third-order valence-corrected chi connectivity index (χ3v) is 5.53. The van der Waals surface area contributed by atoms with Crippen molar-refractivity contribution in [3.8, 4) is 6.07 Å². The average molecular weight is 337 g/mol. The molecule has 2 amide bonds. The molecule has 8 heteroatoms. The summed E-state index contributed by atoms with van der Waals surface area (Å²) in [4.78, 5) is 13.7. The summed E-state index contributed by atoms with van der Waals surface area (Å²) < 4.78 is 23.1. The van der Waals surface area contributed by atoms with Crippen molar-refractivity contribution in [2.24, 2.45) is 0 Å². The van der Waals surface area contributed by atoms with Crippen LogP contribution in [0.1, 0.15) is 17.5 Å². The van der Waals surface area contributed by atoms with Gasteiger partial charge >= 0.3 is 6.03 Å². The van der Waals surface area contributed by atoms with Gasteiger partial charge in [0.15, 0.2) is 9.84 Å². The Labute approximate surface area is 135 Å². The van der Waals surface area contributed by atoms with Crippen LogP contribution in [0.2, 0.25) is 0 Å². The van der Waals surface area contributed by atoms with Gasteiger partial charge in [0.2, 0.25) is 0 Å². The van der Waals surface area contributed by atoms with Crippen LogP contribution in [0, 0.1) is 11.3 Å². The number of nitriles is 1. The maximum Gasteiger partial charge on any atom is 0.318 e. The van der Waals surface area contributed by atoms with Gasteiger partial charge in [-0.25, -0.2) is 13.2 Å². The van der Waals surface area contributed by atoms with Crippen molar-refractivity contribution in [3.05, 3.63) is 35.4 Å². The first kappa shape index (κ1) is 17.2. The highest BCUT2D eigenvalue weighted by Crippen LogP contribution is 2.17. The average Bonchev–Trinajstić information content (AvgIpc) is 2.90. The lowest BCUT2D eigenvalue weighted by Crippen LogP contribution is -2.47. The van der Waals surface area contributed by atoms with E-state index < -0.39 is 21.9 Å². The molecular weight excluding hydrogens is 318 g/mol. The van der Waals surface area contributed by atoms with E-state index in [2.05, 4.69) is 5.32 Å². The number of sulfone groups is 1. The molecule has 0 bridgehead atoms. The van der Waals surface area contributed by atoms with Gasteiger partial charge in [-0.3, -0.25) is 0 Å². The van der Waals surface area contributed by atoms with Crippen LogP contribution < -0.4 is 5.32 Å². The van der Waals surface area contributed by atoms with Gasteiger partial charge in [0.25, 0.3) is 0 Å². The summed E-state index contributed by atoms with van der Waals surface area (Å²) >= 11 is 0. The summed E-state index contributed by atoms with van der Waals surface area (Å²) in [5.74, 6) is 0.0137. The number of amides is 2. The van der Waals surface area contributed by atoms with Crippen LogP contribution in [0.4, 0.5) is 4.79 Å². The van der Waals surface area contributed by atoms with Gasteiger partial charge < -0.3 is 15.3 Å². The lowest BCUT2D eigenvalue weighted by molar-refractivity contribution is 0.157. The Kier molecular flexibility index (Phi) is 5.58. The Morgan fingerprint density at radius 2 is 2.09 bits per heavy atom. The van der Waals surface area contributed by atoms with Crippen molar-refractivity contribution in [3.63, 3.8) is 0 Å². The molecule has 1 saturated heterocycles. The van der Waals surface area contributed by atoms with E-state index >= 15 is 0 Å². The van der Waals surface area contributed by atoms with Gasteiger partial charge in [-0.05, 0) is 24.1 Å². The van der Waals surface area contributed by atoms with E-state index in [1.165, 1.54) is 4.90 Å². The number of carbonyl (C=O) groups is 1. The number of urea groups is 1. The third-order valence-electron chi connectivity index (χ3n) is 3.78. The summed E-state index contributed by atoms with van der Waals surface area (Å²) in [6, 6.07) is 8.04. The van der Waals surface area contributed by atoms with E-state index in [-0.39, 0.29) is 31.2 Å². The van der Waals surface area contributed by atoms with E-state index in [1.807, 2.05) is 6.07 Å². The van der Waals surface area contributed by atoms with Crippen LogP contribution in [-0.4, -0.2) is 55.2 Å². The lowest BCUT2D eigenvalue weighted by Gasteiger charge is -2.27. The van der Waals surface area contributed by atoms with Crippen molar-refractivity contribution < 1.29 is 18.3 Å². The van der Waals surface area contributed by atoms with E-state index in [9.17, 15) is 13.2 Å². The second kappa shape index (κ2) is 7.44. The molecule has 2 rings (SSSR count). The molecule has 0 aromatic heterocycles. The Bertz CT molecular complexity index is 694. The zero-order chi connectivity index (χ0) is 16.9. The zero-order valence-electron chi connectivity index (χ0n) is 12.6. The van der Waals surface area contributed by atoms with Crippen molar-refractivity contribution >= 4 is 15.9 Å². The summed E-state index contributed by atoms with van der Waals surface area (Å²) in [5.41, 5.74) is 1.37. The van der Waals surface area contributed by atoms with Gasteiger partial charge in [0, 0.05) is 19.1 Å². The minimum atomic E-state index is -3.10. The van der Waals surface area contributed by atoms with Crippen LogP contribution >= 0.6 is 0 Å². The lowest BCUT2D eigenvalue weighted by atomic mass is 10.1. The van der Waals surface area contributed by atoms with Crippen molar-refractivity contribution in [1.29, 1.82) is 5.26 Å². The smallest absolute Gasteiger partial charge is 0.318 e. The fourth-order valence-corrected chi connectivity index (χ4v) is 4.29. The molecule has 124 valence electrons. The molecule has 2 N–H and O–H groups in total. The second-order valence-electron chi connectivity index (χ2n) is 5.44. The van der Waals surface area contributed by atoms with Gasteiger partial charge in [0.1, 0.15) is 0 Å². The monoisotopic (exact) mass is 337 g/mol. The topological polar surface area (TPSA) is 110 Å².